The lowest BCUT2D eigenvalue weighted by molar-refractivity contribution is -0.139. The topological polar surface area (TPSA) is 89.0 Å². The lowest BCUT2D eigenvalue weighted by atomic mass is 10.2. The van der Waals surface area contributed by atoms with E-state index in [1.165, 1.54) is 19.4 Å². The van der Waals surface area contributed by atoms with Gasteiger partial charge in [-0.1, -0.05) is 18.2 Å². The molecule has 146 valence electrons. The van der Waals surface area contributed by atoms with Gasteiger partial charge in [-0.05, 0) is 42.7 Å². The van der Waals surface area contributed by atoms with E-state index in [4.69, 9.17) is 9.47 Å². The lowest BCUT2D eigenvalue weighted by Gasteiger charge is -2.11. The Balaban J connectivity index is 1.58. The van der Waals surface area contributed by atoms with Gasteiger partial charge in [0.2, 0.25) is 0 Å². The van der Waals surface area contributed by atoms with Gasteiger partial charge in [0.1, 0.15) is 12.4 Å². The minimum Gasteiger partial charge on any atom is -0.493 e. The molecule has 1 fully saturated rings. The van der Waals surface area contributed by atoms with Gasteiger partial charge in [-0.25, -0.2) is 9.82 Å². The number of rotatable bonds is 7. The van der Waals surface area contributed by atoms with E-state index in [0.29, 0.717) is 22.6 Å². The molecule has 1 aliphatic rings. The van der Waals surface area contributed by atoms with Gasteiger partial charge in [0, 0.05) is 11.6 Å². The Labute approximate surface area is 161 Å². The number of methoxy groups -OCH3 is 1. The number of carbonyl (C=O) groups excluding carboxylic acids is 2. The normalized spacial score (nSPS) is 13.2. The van der Waals surface area contributed by atoms with Crippen molar-refractivity contribution in [3.8, 4) is 11.5 Å². The smallest absolute Gasteiger partial charge is 0.329 e. The third-order valence-corrected chi connectivity index (χ3v) is 4.03. The highest BCUT2D eigenvalue weighted by atomic mass is 19.1. The lowest BCUT2D eigenvalue weighted by Crippen LogP contribution is -2.38. The van der Waals surface area contributed by atoms with Crippen LogP contribution >= 0.6 is 0 Å². The SMILES string of the molecule is COc1cc(/C=N\NC(=O)C(=O)NC2CC2)ccc1OCc1ccccc1F. The van der Waals surface area contributed by atoms with Crippen molar-refractivity contribution >= 4 is 18.0 Å². The van der Waals surface area contributed by atoms with Crippen LogP contribution in [0.4, 0.5) is 4.39 Å². The van der Waals surface area contributed by atoms with Crippen molar-refractivity contribution in [3.63, 3.8) is 0 Å². The van der Waals surface area contributed by atoms with E-state index >= 15 is 0 Å². The van der Waals surface area contributed by atoms with Gasteiger partial charge in [0.25, 0.3) is 0 Å². The summed E-state index contributed by atoms with van der Waals surface area (Å²) in [5, 5.41) is 6.34. The number of ether oxygens (including phenoxy) is 2. The van der Waals surface area contributed by atoms with Gasteiger partial charge in [0.05, 0.1) is 13.3 Å². The number of hydrogen-bond acceptors (Lipinski definition) is 5. The van der Waals surface area contributed by atoms with Gasteiger partial charge in [0.15, 0.2) is 11.5 Å². The zero-order chi connectivity index (χ0) is 19.9. The maximum Gasteiger partial charge on any atom is 0.329 e. The highest BCUT2D eigenvalue weighted by molar-refractivity contribution is 6.35. The fraction of sp³-hybridized carbons (Fsp3) is 0.250. The van der Waals surface area contributed by atoms with Crippen LogP contribution < -0.4 is 20.2 Å². The number of benzene rings is 2. The van der Waals surface area contributed by atoms with Gasteiger partial charge in [-0.3, -0.25) is 9.59 Å². The van der Waals surface area contributed by atoms with Crippen molar-refractivity contribution in [2.75, 3.05) is 7.11 Å². The van der Waals surface area contributed by atoms with Crippen molar-refractivity contribution in [1.29, 1.82) is 0 Å². The molecule has 2 aromatic carbocycles. The van der Waals surface area contributed by atoms with E-state index in [1.54, 1.807) is 36.4 Å². The maximum atomic E-state index is 13.7. The second kappa shape index (κ2) is 8.98. The highest BCUT2D eigenvalue weighted by Crippen LogP contribution is 2.28. The average molecular weight is 385 g/mol. The van der Waals surface area contributed by atoms with Crippen LogP contribution in [0.2, 0.25) is 0 Å². The Hall–Kier alpha value is -3.42. The third-order valence-electron chi connectivity index (χ3n) is 4.03. The summed E-state index contributed by atoms with van der Waals surface area (Å²) < 4.78 is 24.6. The first-order valence-electron chi connectivity index (χ1n) is 8.75. The summed E-state index contributed by atoms with van der Waals surface area (Å²) in [6.07, 6.45) is 3.17. The summed E-state index contributed by atoms with van der Waals surface area (Å²) in [5.74, 6) is -0.991. The summed E-state index contributed by atoms with van der Waals surface area (Å²) in [6, 6.07) is 11.5. The van der Waals surface area contributed by atoms with E-state index in [1.807, 2.05) is 0 Å². The summed E-state index contributed by atoms with van der Waals surface area (Å²) in [5.41, 5.74) is 3.23. The molecule has 1 saturated carbocycles. The second-order valence-electron chi connectivity index (χ2n) is 6.24. The number of halogens is 1. The fourth-order valence-corrected chi connectivity index (χ4v) is 2.35. The molecule has 0 aromatic heterocycles. The Kier molecular flexibility index (Phi) is 6.21. The molecule has 0 heterocycles. The van der Waals surface area contributed by atoms with Crippen molar-refractivity contribution in [2.24, 2.45) is 5.10 Å². The van der Waals surface area contributed by atoms with Crippen molar-refractivity contribution in [2.45, 2.75) is 25.5 Å². The van der Waals surface area contributed by atoms with Crippen LogP contribution in [0.25, 0.3) is 0 Å². The summed E-state index contributed by atoms with van der Waals surface area (Å²) in [6.45, 7) is 0.0582. The maximum absolute atomic E-state index is 13.7. The van der Waals surface area contributed by atoms with Crippen LogP contribution in [0.15, 0.2) is 47.6 Å². The van der Waals surface area contributed by atoms with Crippen LogP contribution in [0, 0.1) is 5.82 Å². The molecule has 0 unspecified atom stereocenters. The third kappa shape index (κ3) is 5.29. The molecule has 0 spiro atoms. The molecular formula is C20H20FN3O4. The minimum absolute atomic E-state index is 0.0582. The number of nitrogens with one attached hydrogen (secondary N) is 2. The Bertz CT molecular complexity index is 897. The monoisotopic (exact) mass is 385 g/mol. The molecule has 0 bridgehead atoms. The van der Waals surface area contributed by atoms with Crippen molar-refractivity contribution in [1.82, 2.24) is 10.7 Å². The largest absolute Gasteiger partial charge is 0.493 e. The molecule has 2 amide bonds. The Morgan fingerprint density at radius 1 is 1.18 bits per heavy atom. The van der Waals surface area contributed by atoms with Crippen molar-refractivity contribution in [3.05, 3.63) is 59.4 Å². The first-order chi connectivity index (χ1) is 13.6. The van der Waals surface area contributed by atoms with E-state index in [-0.39, 0.29) is 18.5 Å². The molecule has 7 nitrogen and oxygen atoms in total. The van der Waals surface area contributed by atoms with E-state index in [9.17, 15) is 14.0 Å². The molecule has 0 atom stereocenters. The summed E-state index contributed by atoms with van der Waals surface area (Å²) in [4.78, 5) is 23.1. The Morgan fingerprint density at radius 3 is 2.68 bits per heavy atom. The van der Waals surface area contributed by atoms with Gasteiger partial charge >= 0.3 is 11.8 Å². The molecule has 0 saturated heterocycles. The van der Waals surface area contributed by atoms with Gasteiger partial charge in [-0.2, -0.15) is 5.10 Å². The number of amides is 2. The molecule has 2 aromatic rings. The summed E-state index contributed by atoms with van der Waals surface area (Å²) >= 11 is 0. The van der Waals surface area contributed by atoms with Crippen LogP contribution in [-0.4, -0.2) is 31.2 Å². The quantitative estimate of drug-likeness (QED) is 0.434. The standard InChI is InChI=1S/C20H20FN3O4/c1-27-18-10-13(11-22-24-20(26)19(25)23-15-7-8-15)6-9-17(18)28-12-14-4-2-3-5-16(14)21/h2-6,9-11,15H,7-8,12H2,1H3,(H,23,25)(H,24,26)/b22-11-. The molecule has 2 N–H and O–H groups in total. The van der Waals surface area contributed by atoms with Crippen LogP contribution in [0.5, 0.6) is 11.5 Å². The number of hydrogen-bond donors (Lipinski definition) is 2. The van der Waals surface area contributed by atoms with Gasteiger partial charge < -0.3 is 14.8 Å². The molecule has 0 radical (unpaired) electrons. The fourth-order valence-electron chi connectivity index (χ4n) is 2.35. The summed E-state index contributed by atoms with van der Waals surface area (Å²) in [7, 11) is 1.48. The first kappa shape index (κ1) is 19.3. The zero-order valence-corrected chi connectivity index (χ0v) is 15.3. The van der Waals surface area contributed by atoms with E-state index in [2.05, 4.69) is 15.8 Å². The number of hydrazone groups is 1. The number of nitrogens with zero attached hydrogens (tertiary/aromatic N) is 1. The highest BCUT2D eigenvalue weighted by Gasteiger charge is 2.26. The van der Waals surface area contributed by atoms with Crippen molar-refractivity contribution < 1.29 is 23.5 Å². The molecular weight excluding hydrogens is 365 g/mol. The van der Waals surface area contributed by atoms with Crippen LogP contribution in [-0.2, 0) is 16.2 Å². The molecule has 1 aliphatic carbocycles. The van der Waals surface area contributed by atoms with Gasteiger partial charge in [-0.15, -0.1) is 0 Å². The first-order valence-corrected chi connectivity index (χ1v) is 8.75. The molecule has 28 heavy (non-hydrogen) atoms. The number of carbonyl (C=O) groups is 2. The van der Waals surface area contributed by atoms with E-state index < -0.39 is 11.8 Å². The van der Waals surface area contributed by atoms with Crippen LogP contribution in [0.3, 0.4) is 0 Å². The van der Waals surface area contributed by atoms with E-state index in [0.717, 1.165) is 12.8 Å². The average Bonchev–Trinajstić information content (AvgIpc) is 3.51. The zero-order valence-electron chi connectivity index (χ0n) is 15.3. The minimum atomic E-state index is -0.819. The molecule has 3 rings (SSSR count). The second-order valence-corrected chi connectivity index (χ2v) is 6.24. The molecule has 0 aliphatic heterocycles. The van der Waals surface area contributed by atoms with Crippen LogP contribution in [0.1, 0.15) is 24.0 Å². The predicted molar refractivity (Wildman–Crippen MR) is 101 cm³/mol. The Morgan fingerprint density at radius 2 is 1.96 bits per heavy atom. The molecule has 8 heteroatoms. The predicted octanol–water partition coefficient (Wildman–Crippen LogP) is 2.14.